The quantitative estimate of drug-likeness (QED) is 0.461. The van der Waals surface area contributed by atoms with Crippen molar-refractivity contribution in [3.05, 3.63) is 101 Å². The average Bonchev–Trinajstić information content (AvgIpc) is 3.17. The minimum atomic E-state index is -1.40. The second kappa shape index (κ2) is 9.11. The fourth-order valence-electron chi connectivity index (χ4n) is 2.75. The van der Waals surface area contributed by atoms with Crippen LogP contribution in [0.2, 0.25) is 5.02 Å². The van der Waals surface area contributed by atoms with Crippen LogP contribution in [0.5, 0.6) is 0 Å². The van der Waals surface area contributed by atoms with Crippen molar-refractivity contribution in [1.82, 2.24) is 10.1 Å². The van der Waals surface area contributed by atoms with Gasteiger partial charge in [0.25, 0.3) is 0 Å². The van der Waals surface area contributed by atoms with Crippen molar-refractivity contribution in [3.8, 4) is 11.3 Å². The van der Waals surface area contributed by atoms with E-state index in [2.05, 4.69) is 16.7 Å². The molecule has 0 fully saturated rings. The number of aromatic nitrogens is 2. The Bertz CT molecular complexity index is 1140. The molecule has 1 N–H and O–H groups in total. The first kappa shape index (κ1) is 21.5. The van der Waals surface area contributed by atoms with E-state index >= 15 is 0 Å². The van der Waals surface area contributed by atoms with E-state index in [0.717, 1.165) is 12.1 Å². The maximum absolute atomic E-state index is 14.5. The molecule has 8 heteroatoms. The fourth-order valence-corrected chi connectivity index (χ4v) is 2.91. The largest absolute Gasteiger partial charge is 0.383 e. The third-order valence-corrected chi connectivity index (χ3v) is 4.53. The van der Waals surface area contributed by atoms with E-state index in [4.69, 9.17) is 16.1 Å². The van der Waals surface area contributed by atoms with Crippen LogP contribution in [-0.2, 0) is 0 Å². The van der Waals surface area contributed by atoms with Crippen LogP contribution in [0.4, 0.5) is 13.2 Å². The lowest BCUT2D eigenvalue weighted by Crippen LogP contribution is -2.04. The summed E-state index contributed by atoms with van der Waals surface area (Å²) >= 11 is 5.81. The highest BCUT2D eigenvalue weighted by atomic mass is 35.5. The average molecular weight is 433 g/mol. The van der Waals surface area contributed by atoms with Gasteiger partial charge in [0, 0.05) is 40.2 Å². The van der Waals surface area contributed by atoms with Gasteiger partial charge in [0.2, 0.25) is 0 Å². The maximum atomic E-state index is 14.5. The summed E-state index contributed by atoms with van der Waals surface area (Å²) in [5.41, 5.74) is -0.175. The molecule has 30 heavy (non-hydrogen) atoms. The molecule has 3 rings (SSSR count). The molecule has 0 saturated carbocycles. The maximum Gasteiger partial charge on any atom is 0.176 e. The number of hydrogen-bond acceptors (Lipinski definition) is 4. The summed E-state index contributed by atoms with van der Waals surface area (Å²) in [4.78, 5) is 3.94. The number of aliphatic hydroxyl groups is 1. The number of benzene rings is 1. The standard InChI is InChI=1S/C22H16ClF3N2O2/c1-3-15(24)10-17(25)12(2)22-19(21(29)13-5-4-8-27-11-13)20(28-30-22)16-7-6-14(23)9-18(16)26/h3-11,21,29H,2H2,1H3. The molecule has 0 saturated heterocycles. The Balaban J connectivity index is 2.20. The first-order valence-corrected chi connectivity index (χ1v) is 9.13. The molecule has 154 valence electrons. The van der Waals surface area contributed by atoms with Crippen LogP contribution in [0.15, 0.2) is 77.6 Å². The molecule has 4 nitrogen and oxygen atoms in total. The third-order valence-electron chi connectivity index (χ3n) is 4.29. The predicted molar refractivity (Wildman–Crippen MR) is 108 cm³/mol. The number of rotatable bonds is 6. The monoisotopic (exact) mass is 432 g/mol. The van der Waals surface area contributed by atoms with Crippen molar-refractivity contribution in [2.24, 2.45) is 0 Å². The lowest BCUT2D eigenvalue weighted by atomic mass is 9.94. The highest BCUT2D eigenvalue weighted by Crippen LogP contribution is 2.39. The molecule has 0 aliphatic carbocycles. The number of hydrogen-bond donors (Lipinski definition) is 1. The van der Waals surface area contributed by atoms with Crippen molar-refractivity contribution in [2.45, 2.75) is 13.0 Å². The molecule has 0 spiro atoms. The lowest BCUT2D eigenvalue weighted by Gasteiger charge is -2.13. The summed E-state index contributed by atoms with van der Waals surface area (Å²) in [6.07, 6.45) is 3.17. The molecule has 0 aliphatic rings. The van der Waals surface area contributed by atoms with Gasteiger partial charge in [-0.05, 0) is 31.2 Å². The predicted octanol–water partition coefficient (Wildman–Crippen LogP) is 6.35. The Hall–Kier alpha value is -3.16. The Labute approximate surface area is 175 Å². The molecule has 0 aliphatic heterocycles. The first-order valence-electron chi connectivity index (χ1n) is 8.75. The van der Waals surface area contributed by atoms with Crippen LogP contribution in [-0.4, -0.2) is 15.2 Å². The second-order valence-electron chi connectivity index (χ2n) is 6.23. The summed E-state index contributed by atoms with van der Waals surface area (Å²) in [5, 5.41) is 14.9. The van der Waals surface area contributed by atoms with Gasteiger partial charge < -0.3 is 9.63 Å². The fraction of sp³-hybridized carbons (Fsp3) is 0.0909. The van der Waals surface area contributed by atoms with Gasteiger partial charge in [-0.25, -0.2) is 13.2 Å². The number of nitrogens with zero attached hydrogens (tertiary/aromatic N) is 2. The van der Waals surface area contributed by atoms with Crippen LogP contribution < -0.4 is 0 Å². The van der Waals surface area contributed by atoms with Crippen LogP contribution in [0.3, 0.4) is 0 Å². The van der Waals surface area contributed by atoms with E-state index in [0.29, 0.717) is 11.6 Å². The van der Waals surface area contributed by atoms with Gasteiger partial charge >= 0.3 is 0 Å². The lowest BCUT2D eigenvalue weighted by molar-refractivity contribution is 0.218. The van der Waals surface area contributed by atoms with Crippen molar-refractivity contribution in [1.29, 1.82) is 0 Å². The van der Waals surface area contributed by atoms with Gasteiger partial charge in [-0.2, -0.15) is 0 Å². The molecule has 1 atom stereocenters. The highest BCUT2D eigenvalue weighted by Gasteiger charge is 2.29. The zero-order chi connectivity index (χ0) is 21.8. The van der Waals surface area contributed by atoms with E-state index in [-0.39, 0.29) is 33.2 Å². The van der Waals surface area contributed by atoms with Gasteiger partial charge in [-0.15, -0.1) is 0 Å². The van der Waals surface area contributed by atoms with Gasteiger partial charge in [-0.3, -0.25) is 4.98 Å². The van der Waals surface area contributed by atoms with Crippen LogP contribution in [0, 0.1) is 5.82 Å². The second-order valence-corrected chi connectivity index (χ2v) is 6.67. The Morgan fingerprint density at radius 2 is 2.07 bits per heavy atom. The Morgan fingerprint density at radius 1 is 1.30 bits per heavy atom. The minimum absolute atomic E-state index is 0.0239. The van der Waals surface area contributed by atoms with E-state index in [9.17, 15) is 18.3 Å². The number of pyridine rings is 1. The normalized spacial score (nSPS) is 13.4. The number of halogens is 4. The zero-order valence-corrected chi connectivity index (χ0v) is 16.5. The van der Waals surface area contributed by atoms with Crippen molar-refractivity contribution < 1.29 is 22.8 Å². The molecule has 1 aromatic carbocycles. The number of allylic oxidation sites excluding steroid dienone is 5. The molecule has 2 heterocycles. The van der Waals surface area contributed by atoms with E-state index < -0.39 is 23.6 Å². The topological polar surface area (TPSA) is 59.2 Å². The Morgan fingerprint density at radius 3 is 2.70 bits per heavy atom. The van der Waals surface area contributed by atoms with Gasteiger partial charge in [-0.1, -0.05) is 35.5 Å². The van der Waals surface area contributed by atoms with Crippen molar-refractivity contribution in [2.75, 3.05) is 0 Å². The first-order chi connectivity index (χ1) is 14.3. The van der Waals surface area contributed by atoms with Gasteiger partial charge in [0.05, 0.1) is 5.56 Å². The zero-order valence-electron chi connectivity index (χ0n) is 15.7. The van der Waals surface area contributed by atoms with Gasteiger partial charge in [0.1, 0.15) is 29.3 Å². The summed E-state index contributed by atoms with van der Waals surface area (Å²) in [6.45, 7) is 4.98. The van der Waals surface area contributed by atoms with E-state index in [1.165, 1.54) is 31.5 Å². The summed E-state index contributed by atoms with van der Waals surface area (Å²) in [5.74, 6) is -2.84. The minimum Gasteiger partial charge on any atom is -0.383 e. The van der Waals surface area contributed by atoms with Gasteiger partial charge in [0.15, 0.2) is 5.76 Å². The molecule has 0 radical (unpaired) electrons. The van der Waals surface area contributed by atoms with Crippen LogP contribution >= 0.6 is 11.6 Å². The van der Waals surface area contributed by atoms with E-state index in [1.54, 1.807) is 12.1 Å². The summed E-state index contributed by atoms with van der Waals surface area (Å²) in [6, 6.07) is 7.02. The summed E-state index contributed by atoms with van der Waals surface area (Å²) < 4.78 is 47.8. The van der Waals surface area contributed by atoms with Crippen LogP contribution in [0.1, 0.15) is 29.9 Å². The summed E-state index contributed by atoms with van der Waals surface area (Å²) in [7, 11) is 0. The molecule has 0 amide bonds. The van der Waals surface area contributed by atoms with Crippen molar-refractivity contribution >= 4 is 17.2 Å². The number of aliphatic hydroxyl groups excluding tert-OH is 1. The molecule has 0 bridgehead atoms. The third kappa shape index (κ3) is 4.37. The smallest absolute Gasteiger partial charge is 0.176 e. The molecular formula is C22H16ClF3N2O2. The molecule has 1 unspecified atom stereocenters. The van der Waals surface area contributed by atoms with E-state index in [1.807, 2.05) is 0 Å². The van der Waals surface area contributed by atoms with Crippen LogP contribution in [0.25, 0.3) is 16.8 Å². The SMILES string of the molecule is C=C(C(F)=CC(F)=CC)c1onc(-c2ccc(Cl)cc2F)c1C(O)c1cccnc1. The Kier molecular flexibility index (Phi) is 6.54. The molecule has 2 aromatic heterocycles. The molecular weight excluding hydrogens is 417 g/mol. The van der Waals surface area contributed by atoms with Crippen molar-refractivity contribution in [3.63, 3.8) is 0 Å². The molecule has 3 aromatic rings. The highest BCUT2D eigenvalue weighted by molar-refractivity contribution is 6.30.